The van der Waals surface area contributed by atoms with Crippen LogP contribution in [0.5, 0.6) is 0 Å². The minimum atomic E-state index is -0.0536. The molecule has 1 rings (SSSR count). The number of halogens is 1. The van der Waals surface area contributed by atoms with Crippen molar-refractivity contribution in [2.75, 3.05) is 26.8 Å². The molecule has 4 nitrogen and oxygen atoms in total. The highest BCUT2D eigenvalue weighted by molar-refractivity contribution is 5.85. The van der Waals surface area contributed by atoms with Crippen molar-refractivity contribution in [3.63, 3.8) is 0 Å². The average Bonchev–Trinajstić information content (AvgIpc) is 2.28. The maximum Gasteiger partial charge on any atom is 0.228 e. The Kier molecular flexibility index (Phi) is 7.72. The Hall–Kier alpha value is -0.320. The highest BCUT2D eigenvalue weighted by atomic mass is 35.5. The van der Waals surface area contributed by atoms with Crippen molar-refractivity contribution in [1.29, 1.82) is 0 Å². The van der Waals surface area contributed by atoms with E-state index in [1.165, 1.54) is 6.42 Å². The quantitative estimate of drug-likeness (QED) is 0.811. The topological polar surface area (TPSA) is 55.6 Å². The van der Waals surface area contributed by atoms with Crippen LogP contribution < -0.4 is 5.73 Å². The maximum atomic E-state index is 12.0. The summed E-state index contributed by atoms with van der Waals surface area (Å²) >= 11 is 0. The van der Waals surface area contributed by atoms with Crippen molar-refractivity contribution < 1.29 is 9.53 Å². The van der Waals surface area contributed by atoms with E-state index in [1.807, 2.05) is 11.8 Å². The molecule has 0 aromatic carbocycles. The summed E-state index contributed by atoms with van der Waals surface area (Å²) in [5.74, 6) is 0.133. The summed E-state index contributed by atoms with van der Waals surface area (Å²) in [6, 6.07) is 0.241. The van der Waals surface area contributed by atoms with Gasteiger partial charge in [-0.3, -0.25) is 4.79 Å². The highest BCUT2D eigenvalue weighted by Crippen LogP contribution is 2.18. The van der Waals surface area contributed by atoms with Crippen LogP contribution in [0.4, 0.5) is 0 Å². The van der Waals surface area contributed by atoms with Crippen LogP contribution in [0.2, 0.25) is 0 Å². The van der Waals surface area contributed by atoms with Crippen molar-refractivity contribution in [2.45, 2.75) is 32.2 Å². The number of likely N-dealkylation sites (tertiary alicyclic amines) is 1. The van der Waals surface area contributed by atoms with Crippen LogP contribution in [0, 0.1) is 5.92 Å². The summed E-state index contributed by atoms with van der Waals surface area (Å²) in [6.45, 7) is 3.83. The van der Waals surface area contributed by atoms with Crippen molar-refractivity contribution in [3.8, 4) is 0 Å². The second-order valence-corrected chi connectivity index (χ2v) is 4.27. The number of hydrogen-bond donors (Lipinski definition) is 1. The third kappa shape index (κ3) is 3.92. The van der Waals surface area contributed by atoms with Gasteiger partial charge >= 0.3 is 0 Å². The fourth-order valence-corrected chi connectivity index (χ4v) is 2.14. The van der Waals surface area contributed by atoms with Gasteiger partial charge in [-0.1, -0.05) is 6.92 Å². The number of methoxy groups -OCH3 is 1. The predicted molar refractivity (Wildman–Crippen MR) is 66.7 cm³/mol. The van der Waals surface area contributed by atoms with Gasteiger partial charge in [0.05, 0.1) is 12.5 Å². The van der Waals surface area contributed by atoms with Crippen LogP contribution in [-0.2, 0) is 9.53 Å². The first kappa shape index (κ1) is 15.7. The van der Waals surface area contributed by atoms with Crippen LogP contribution >= 0.6 is 12.4 Å². The number of nitrogens with two attached hydrogens (primary N) is 1. The van der Waals surface area contributed by atoms with Gasteiger partial charge in [0.25, 0.3) is 0 Å². The van der Waals surface area contributed by atoms with Gasteiger partial charge in [-0.05, 0) is 19.3 Å². The lowest BCUT2D eigenvalue weighted by Crippen LogP contribution is -2.49. The van der Waals surface area contributed by atoms with Crippen LogP contribution in [-0.4, -0.2) is 43.7 Å². The lowest BCUT2D eigenvalue weighted by Gasteiger charge is -2.36. The molecule has 0 bridgehead atoms. The summed E-state index contributed by atoms with van der Waals surface area (Å²) in [5.41, 5.74) is 5.68. The average molecular weight is 251 g/mol. The highest BCUT2D eigenvalue weighted by Gasteiger charge is 2.28. The lowest BCUT2D eigenvalue weighted by atomic mass is 10.00. The number of nitrogens with zero attached hydrogens (tertiary/aromatic N) is 1. The molecule has 16 heavy (non-hydrogen) atoms. The Morgan fingerprint density at radius 1 is 1.56 bits per heavy atom. The molecule has 0 saturated carbocycles. The monoisotopic (exact) mass is 250 g/mol. The minimum Gasteiger partial charge on any atom is -0.384 e. The molecule has 0 aromatic rings. The van der Waals surface area contributed by atoms with E-state index >= 15 is 0 Å². The summed E-state index contributed by atoms with van der Waals surface area (Å²) in [6.07, 6.45) is 3.33. The number of amides is 1. The Bertz CT molecular complexity index is 214. The van der Waals surface area contributed by atoms with E-state index in [0.29, 0.717) is 13.2 Å². The lowest BCUT2D eigenvalue weighted by molar-refractivity contribution is -0.140. The smallest absolute Gasteiger partial charge is 0.228 e. The standard InChI is InChI=1S/C11H22N2O2.ClH/c1-9(8-15-2)11(14)13-6-4-3-5-10(13)7-12;/h9-10H,3-8,12H2,1-2H3;1H. The number of ether oxygens (including phenoxy) is 1. The number of piperidine rings is 1. The number of hydrogen-bond acceptors (Lipinski definition) is 3. The molecule has 1 heterocycles. The fourth-order valence-electron chi connectivity index (χ4n) is 2.14. The SMILES string of the molecule is COCC(C)C(=O)N1CCCCC1CN.Cl. The molecule has 5 heteroatoms. The van der Waals surface area contributed by atoms with Gasteiger partial charge in [-0.2, -0.15) is 0 Å². The van der Waals surface area contributed by atoms with Gasteiger partial charge in [-0.25, -0.2) is 0 Å². The van der Waals surface area contributed by atoms with E-state index in [9.17, 15) is 4.79 Å². The summed E-state index contributed by atoms with van der Waals surface area (Å²) in [7, 11) is 1.63. The summed E-state index contributed by atoms with van der Waals surface area (Å²) in [4.78, 5) is 14.0. The first-order valence-corrected chi connectivity index (χ1v) is 5.70. The van der Waals surface area contributed by atoms with Crippen LogP contribution in [0.15, 0.2) is 0 Å². The van der Waals surface area contributed by atoms with Crippen LogP contribution in [0.3, 0.4) is 0 Å². The Balaban J connectivity index is 0.00000225. The number of carbonyl (C=O) groups excluding carboxylic acids is 1. The van der Waals surface area contributed by atoms with E-state index in [4.69, 9.17) is 10.5 Å². The van der Waals surface area contributed by atoms with Gasteiger partial charge < -0.3 is 15.4 Å². The Morgan fingerprint density at radius 3 is 2.81 bits per heavy atom. The zero-order chi connectivity index (χ0) is 11.3. The van der Waals surface area contributed by atoms with Crippen molar-refractivity contribution in [1.82, 2.24) is 4.90 Å². The third-order valence-electron chi connectivity index (χ3n) is 3.02. The minimum absolute atomic E-state index is 0. The van der Waals surface area contributed by atoms with Crippen LogP contribution in [0.1, 0.15) is 26.2 Å². The number of rotatable bonds is 4. The van der Waals surface area contributed by atoms with Gasteiger partial charge in [0.15, 0.2) is 0 Å². The van der Waals surface area contributed by atoms with E-state index in [2.05, 4.69) is 0 Å². The zero-order valence-corrected chi connectivity index (χ0v) is 11.0. The molecule has 2 N–H and O–H groups in total. The molecule has 2 unspecified atom stereocenters. The molecule has 1 saturated heterocycles. The van der Waals surface area contributed by atoms with E-state index in [-0.39, 0.29) is 30.3 Å². The van der Waals surface area contributed by atoms with Crippen molar-refractivity contribution >= 4 is 18.3 Å². The summed E-state index contributed by atoms with van der Waals surface area (Å²) < 4.78 is 5.01. The van der Waals surface area contributed by atoms with Crippen LogP contribution in [0.25, 0.3) is 0 Å². The molecule has 1 fully saturated rings. The first-order valence-electron chi connectivity index (χ1n) is 5.70. The van der Waals surface area contributed by atoms with E-state index in [0.717, 1.165) is 19.4 Å². The maximum absolute atomic E-state index is 12.0. The molecular weight excluding hydrogens is 228 g/mol. The normalized spacial score (nSPS) is 22.4. The van der Waals surface area contributed by atoms with Gasteiger partial charge in [-0.15, -0.1) is 12.4 Å². The third-order valence-corrected chi connectivity index (χ3v) is 3.02. The molecule has 1 aliphatic rings. The van der Waals surface area contributed by atoms with Crippen molar-refractivity contribution in [2.24, 2.45) is 11.7 Å². The zero-order valence-electron chi connectivity index (χ0n) is 10.1. The molecule has 0 spiro atoms. The predicted octanol–water partition coefficient (Wildman–Crippen LogP) is 1.03. The molecule has 0 radical (unpaired) electrons. The fraction of sp³-hybridized carbons (Fsp3) is 0.909. The van der Waals surface area contributed by atoms with E-state index < -0.39 is 0 Å². The first-order chi connectivity index (χ1) is 7.20. The Labute approximate surface area is 104 Å². The second-order valence-electron chi connectivity index (χ2n) is 4.27. The molecule has 96 valence electrons. The second kappa shape index (κ2) is 7.87. The van der Waals surface area contributed by atoms with E-state index in [1.54, 1.807) is 7.11 Å². The molecular formula is C11H23ClN2O2. The molecule has 0 aliphatic carbocycles. The van der Waals surface area contributed by atoms with Gasteiger partial charge in [0.2, 0.25) is 5.91 Å². The molecule has 2 atom stereocenters. The van der Waals surface area contributed by atoms with Crippen molar-refractivity contribution in [3.05, 3.63) is 0 Å². The largest absolute Gasteiger partial charge is 0.384 e. The van der Waals surface area contributed by atoms with Gasteiger partial charge in [0.1, 0.15) is 0 Å². The molecule has 1 aliphatic heterocycles. The summed E-state index contributed by atoms with van der Waals surface area (Å²) in [5, 5.41) is 0. The number of carbonyl (C=O) groups is 1. The molecule has 1 amide bonds. The molecule has 0 aromatic heterocycles. The Morgan fingerprint density at radius 2 is 2.25 bits per heavy atom. The van der Waals surface area contributed by atoms with Gasteiger partial charge in [0, 0.05) is 26.2 Å².